The van der Waals surface area contributed by atoms with E-state index in [1.807, 2.05) is 13.0 Å². The van der Waals surface area contributed by atoms with Crippen molar-refractivity contribution in [3.8, 4) is 0 Å². The third-order valence-electron chi connectivity index (χ3n) is 5.16. The number of benzene rings is 1. The van der Waals surface area contributed by atoms with Crippen molar-refractivity contribution in [1.82, 2.24) is 10.5 Å². The number of aromatic nitrogens is 1. The Kier molecular flexibility index (Phi) is 4.83. The maximum Gasteiger partial charge on any atom is 0.197 e. The number of nitrogens with zero attached hydrogens (tertiary/aromatic N) is 1. The second kappa shape index (κ2) is 7.25. The summed E-state index contributed by atoms with van der Waals surface area (Å²) in [6, 6.07) is 7.46. The molecule has 1 aromatic carbocycles. The van der Waals surface area contributed by atoms with Crippen LogP contribution in [-0.2, 0) is 13.0 Å². The van der Waals surface area contributed by atoms with Crippen molar-refractivity contribution in [1.29, 1.82) is 0 Å². The molecule has 0 aliphatic heterocycles. The molecule has 0 radical (unpaired) electrons. The zero-order valence-electron chi connectivity index (χ0n) is 14.6. The first-order chi connectivity index (χ1) is 12.6. The van der Waals surface area contributed by atoms with Crippen LogP contribution in [0.4, 0.5) is 0 Å². The molecule has 0 unspecified atom stereocenters. The molecule has 6 heteroatoms. The van der Waals surface area contributed by atoms with Gasteiger partial charge in [-0.15, -0.1) is 0 Å². The summed E-state index contributed by atoms with van der Waals surface area (Å²) in [6.45, 7) is 2.42. The molecule has 3 aromatic rings. The second-order valence-corrected chi connectivity index (χ2v) is 7.48. The molecule has 0 spiro atoms. The van der Waals surface area contributed by atoms with E-state index in [4.69, 9.17) is 20.5 Å². The van der Waals surface area contributed by atoms with E-state index >= 15 is 0 Å². The Hall–Kier alpha value is -2.11. The van der Waals surface area contributed by atoms with Crippen LogP contribution in [0, 0.1) is 12.8 Å². The maximum absolute atomic E-state index is 12.7. The molecule has 26 heavy (non-hydrogen) atoms. The Morgan fingerprint density at radius 1 is 1.31 bits per heavy atom. The molecule has 0 saturated heterocycles. The average Bonchev–Trinajstić information content (AvgIpc) is 3.24. The van der Waals surface area contributed by atoms with Gasteiger partial charge in [0.1, 0.15) is 11.3 Å². The predicted molar refractivity (Wildman–Crippen MR) is 100 cm³/mol. The zero-order valence-corrected chi connectivity index (χ0v) is 15.4. The fraction of sp³-hybridized carbons (Fsp3) is 0.400. The summed E-state index contributed by atoms with van der Waals surface area (Å²) in [5.41, 5.74) is 2.07. The van der Waals surface area contributed by atoms with Crippen LogP contribution in [-0.4, -0.2) is 11.2 Å². The molecule has 1 aliphatic carbocycles. The van der Waals surface area contributed by atoms with Gasteiger partial charge in [0, 0.05) is 35.7 Å². The smallest absolute Gasteiger partial charge is 0.197 e. The molecule has 136 valence electrons. The molecule has 1 fully saturated rings. The van der Waals surface area contributed by atoms with E-state index in [-0.39, 0.29) is 5.43 Å². The zero-order chi connectivity index (χ0) is 18.1. The number of aryl methyl sites for hydroxylation is 1. The van der Waals surface area contributed by atoms with Gasteiger partial charge in [-0.1, -0.05) is 23.2 Å². The lowest BCUT2D eigenvalue weighted by atomic mass is 9.97. The van der Waals surface area contributed by atoms with Gasteiger partial charge in [-0.3, -0.25) is 4.79 Å². The minimum atomic E-state index is -0.0262. The highest BCUT2D eigenvalue weighted by Crippen LogP contribution is 2.29. The highest BCUT2D eigenvalue weighted by molar-refractivity contribution is 6.31. The van der Waals surface area contributed by atoms with E-state index in [2.05, 4.69) is 10.5 Å². The van der Waals surface area contributed by atoms with Crippen molar-refractivity contribution in [2.45, 2.75) is 45.2 Å². The molecular formula is C20H21ClN2O3. The Balaban J connectivity index is 1.47. The molecule has 2 heterocycles. The van der Waals surface area contributed by atoms with E-state index in [1.165, 1.54) is 6.42 Å². The van der Waals surface area contributed by atoms with Crippen LogP contribution in [0.15, 0.2) is 44.3 Å². The first kappa shape index (κ1) is 17.3. The third kappa shape index (κ3) is 3.55. The van der Waals surface area contributed by atoms with E-state index in [1.54, 1.807) is 24.5 Å². The van der Waals surface area contributed by atoms with E-state index in [0.29, 0.717) is 40.1 Å². The van der Waals surface area contributed by atoms with Crippen molar-refractivity contribution in [3.05, 3.63) is 62.8 Å². The van der Waals surface area contributed by atoms with E-state index in [0.717, 1.165) is 30.7 Å². The minimum Gasteiger partial charge on any atom is -0.464 e. The molecule has 1 aliphatic rings. The lowest BCUT2D eigenvalue weighted by Crippen LogP contribution is -2.34. The third-order valence-corrected chi connectivity index (χ3v) is 5.40. The van der Waals surface area contributed by atoms with E-state index in [9.17, 15) is 4.79 Å². The summed E-state index contributed by atoms with van der Waals surface area (Å²) in [7, 11) is 0. The van der Waals surface area contributed by atoms with Crippen LogP contribution >= 0.6 is 11.6 Å². The standard InChI is InChI=1S/C20H21ClN2O3/c1-12-7-16(26-23-12)8-13-3-2-4-18(13)22-10-14-11-25-19-6-5-15(21)9-17(19)20(14)24/h5-7,9,11,13,18,22H,2-4,8,10H2,1H3/t13-,18+/m0/s1. The summed E-state index contributed by atoms with van der Waals surface area (Å²) in [6.07, 6.45) is 5.86. The molecule has 0 bridgehead atoms. The summed E-state index contributed by atoms with van der Waals surface area (Å²) in [5, 5.41) is 8.57. The molecule has 1 N–H and O–H groups in total. The topological polar surface area (TPSA) is 68.3 Å². The average molecular weight is 373 g/mol. The number of hydrogen-bond acceptors (Lipinski definition) is 5. The van der Waals surface area contributed by atoms with Gasteiger partial charge in [-0.2, -0.15) is 0 Å². The van der Waals surface area contributed by atoms with Crippen LogP contribution in [0.25, 0.3) is 11.0 Å². The van der Waals surface area contributed by atoms with Crippen molar-refractivity contribution >= 4 is 22.6 Å². The van der Waals surface area contributed by atoms with Gasteiger partial charge in [0.25, 0.3) is 0 Å². The number of rotatable bonds is 5. The first-order valence-electron chi connectivity index (χ1n) is 8.95. The van der Waals surface area contributed by atoms with E-state index < -0.39 is 0 Å². The summed E-state index contributed by atoms with van der Waals surface area (Å²) in [4.78, 5) is 12.7. The normalized spacial score (nSPS) is 20.1. The highest BCUT2D eigenvalue weighted by atomic mass is 35.5. The lowest BCUT2D eigenvalue weighted by molar-refractivity contribution is 0.329. The van der Waals surface area contributed by atoms with Crippen LogP contribution in [0.2, 0.25) is 5.02 Å². The van der Waals surface area contributed by atoms with Crippen molar-refractivity contribution < 1.29 is 8.94 Å². The Bertz CT molecular complexity index is 979. The predicted octanol–water partition coefficient (Wildman–Crippen LogP) is 4.24. The summed E-state index contributed by atoms with van der Waals surface area (Å²) >= 11 is 6.01. The fourth-order valence-electron chi connectivity index (χ4n) is 3.83. The van der Waals surface area contributed by atoms with Crippen molar-refractivity contribution in [2.75, 3.05) is 0 Å². The number of halogens is 1. The van der Waals surface area contributed by atoms with Crippen LogP contribution in [0.5, 0.6) is 0 Å². The SMILES string of the molecule is Cc1cc(C[C@@H]2CCC[C@H]2NCc2coc3ccc(Cl)cc3c2=O)on1. The van der Waals surface area contributed by atoms with Crippen LogP contribution in [0.3, 0.4) is 0 Å². The largest absolute Gasteiger partial charge is 0.464 e. The molecule has 5 nitrogen and oxygen atoms in total. The fourth-order valence-corrected chi connectivity index (χ4v) is 4.00. The Morgan fingerprint density at radius 3 is 3.00 bits per heavy atom. The molecule has 4 rings (SSSR count). The van der Waals surface area contributed by atoms with Gasteiger partial charge in [0.15, 0.2) is 5.43 Å². The monoisotopic (exact) mass is 372 g/mol. The van der Waals surface area contributed by atoms with Crippen molar-refractivity contribution in [3.63, 3.8) is 0 Å². The molecular weight excluding hydrogens is 352 g/mol. The first-order valence-corrected chi connectivity index (χ1v) is 9.33. The van der Waals surface area contributed by atoms with Gasteiger partial charge in [-0.25, -0.2) is 0 Å². The molecule has 2 aromatic heterocycles. The van der Waals surface area contributed by atoms with Gasteiger partial charge < -0.3 is 14.3 Å². The van der Waals surface area contributed by atoms with Gasteiger partial charge in [-0.05, 0) is 43.9 Å². The molecule has 1 saturated carbocycles. The minimum absolute atomic E-state index is 0.0262. The van der Waals surface area contributed by atoms with Crippen molar-refractivity contribution in [2.24, 2.45) is 5.92 Å². The lowest BCUT2D eigenvalue weighted by Gasteiger charge is -2.20. The second-order valence-electron chi connectivity index (χ2n) is 7.05. The number of hydrogen-bond donors (Lipinski definition) is 1. The molecule has 2 atom stereocenters. The van der Waals surface area contributed by atoms with Gasteiger partial charge >= 0.3 is 0 Å². The van der Waals surface area contributed by atoms with Crippen LogP contribution in [0.1, 0.15) is 36.3 Å². The van der Waals surface area contributed by atoms with Crippen LogP contribution < -0.4 is 10.7 Å². The Labute approximate surface area is 156 Å². The van der Waals surface area contributed by atoms with Gasteiger partial charge in [0.05, 0.1) is 17.3 Å². The molecule has 0 amide bonds. The number of fused-ring (bicyclic) bond motifs is 1. The highest BCUT2D eigenvalue weighted by Gasteiger charge is 2.28. The summed E-state index contributed by atoms with van der Waals surface area (Å²) in [5.74, 6) is 1.42. The van der Waals surface area contributed by atoms with Gasteiger partial charge in [0.2, 0.25) is 0 Å². The maximum atomic E-state index is 12.7. The quantitative estimate of drug-likeness (QED) is 0.725. The number of nitrogens with one attached hydrogen (secondary N) is 1. The Morgan fingerprint density at radius 2 is 2.19 bits per heavy atom. The summed E-state index contributed by atoms with van der Waals surface area (Å²) < 4.78 is 11.0.